The van der Waals surface area contributed by atoms with Gasteiger partial charge in [-0.15, -0.1) is 0 Å². The van der Waals surface area contributed by atoms with Crippen molar-refractivity contribution in [3.63, 3.8) is 0 Å². The highest BCUT2D eigenvalue weighted by atomic mass is 32.2. The molecule has 1 aromatic rings. The molecule has 8 heteroatoms. The minimum Gasteiger partial charge on any atom is -0.483 e. The predicted octanol–water partition coefficient (Wildman–Crippen LogP) is 2.62. The van der Waals surface area contributed by atoms with E-state index in [1.807, 2.05) is 20.8 Å². The van der Waals surface area contributed by atoms with E-state index in [-0.39, 0.29) is 10.5 Å². The summed E-state index contributed by atoms with van der Waals surface area (Å²) in [5.74, 6) is 0.0716. The van der Waals surface area contributed by atoms with Crippen molar-refractivity contribution in [2.45, 2.75) is 38.1 Å². The molecule has 1 heterocycles. The first kappa shape index (κ1) is 17.9. The Labute approximate surface area is 124 Å². The molecule has 1 rings (SSSR count). The first-order valence-electron chi connectivity index (χ1n) is 6.38. The van der Waals surface area contributed by atoms with Gasteiger partial charge in [-0.1, -0.05) is 0 Å². The number of hydrogen-bond donors (Lipinski definition) is 1. The Bertz CT molecular complexity index is 470. The molecule has 0 saturated heterocycles. The van der Waals surface area contributed by atoms with Gasteiger partial charge in [0.05, 0.1) is 21.9 Å². The third-order valence-electron chi connectivity index (χ3n) is 2.37. The van der Waals surface area contributed by atoms with E-state index in [4.69, 9.17) is 0 Å². The van der Waals surface area contributed by atoms with Crippen LogP contribution in [0.2, 0.25) is 0 Å². The molecular weight excluding hydrogens is 305 g/mol. The Morgan fingerprint density at radius 1 is 1.29 bits per heavy atom. The lowest BCUT2D eigenvalue weighted by atomic mass is 10.3. The maximum Gasteiger partial charge on any atom is 0.422 e. The van der Waals surface area contributed by atoms with Crippen LogP contribution in [-0.2, 0) is 17.4 Å². The fourth-order valence-corrected chi connectivity index (χ4v) is 2.02. The summed E-state index contributed by atoms with van der Waals surface area (Å²) in [7, 11) is -1.16. The second kappa shape index (κ2) is 7.22. The number of halogens is 3. The van der Waals surface area contributed by atoms with E-state index in [2.05, 4.69) is 14.4 Å². The first-order chi connectivity index (χ1) is 9.58. The molecular formula is C13H19F3N2O2S. The van der Waals surface area contributed by atoms with Gasteiger partial charge in [0, 0.05) is 18.7 Å². The number of rotatable bonds is 6. The Hall–Kier alpha value is -1.15. The van der Waals surface area contributed by atoms with Crippen LogP contribution >= 0.6 is 0 Å². The zero-order valence-electron chi connectivity index (χ0n) is 12.2. The lowest BCUT2D eigenvalue weighted by molar-refractivity contribution is -0.153. The van der Waals surface area contributed by atoms with Crippen LogP contribution in [0.3, 0.4) is 0 Å². The van der Waals surface area contributed by atoms with Crippen molar-refractivity contribution in [1.82, 2.24) is 9.71 Å². The second-order valence-electron chi connectivity index (χ2n) is 5.41. The third-order valence-corrected chi connectivity index (χ3v) is 3.95. The van der Waals surface area contributed by atoms with Crippen LogP contribution in [0.25, 0.3) is 0 Å². The molecule has 0 radical (unpaired) electrons. The third kappa shape index (κ3) is 7.42. The van der Waals surface area contributed by atoms with E-state index < -0.39 is 23.8 Å². The molecule has 0 aliphatic rings. The van der Waals surface area contributed by atoms with E-state index in [0.717, 1.165) is 0 Å². The molecule has 0 spiro atoms. The van der Waals surface area contributed by atoms with Gasteiger partial charge in [-0.25, -0.2) is 8.93 Å². The Morgan fingerprint density at radius 2 is 1.95 bits per heavy atom. The minimum absolute atomic E-state index is 0.0716. The van der Waals surface area contributed by atoms with Crippen LogP contribution in [0.1, 0.15) is 26.5 Å². The zero-order valence-corrected chi connectivity index (χ0v) is 13.0. The molecule has 0 saturated carbocycles. The molecule has 0 aliphatic carbocycles. The van der Waals surface area contributed by atoms with E-state index in [0.29, 0.717) is 18.7 Å². The molecule has 4 nitrogen and oxygen atoms in total. The zero-order chi connectivity index (χ0) is 16.1. The molecule has 1 atom stereocenters. The average Bonchev–Trinajstić information content (AvgIpc) is 2.35. The van der Waals surface area contributed by atoms with Gasteiger partial charge >= 0.3 is 6.18 Å². The largest absolute Gasteiger partial charge is 0.483 e. The van der Waals surface area contributed by atoms with Crippen LogP contribution < -0.4 is 9.46 Å². The standard InChI is InChI=1S/C13H19F3N2O2S/c1-12(2,3)21(19)18-7-6-10-4-5-11(8-17-10)20-9-13(14,15)16/h4-5,8,18H,6-7,9H2,1-3H3. The van der Waals surface area contributed by atoms with Crippen LogP contribution in [0, 0.1) is 0 Å². The maximum absolute atomic E-state index is 12.0. The highest BCUT2D eigenvalue weighted by molar-refractivity contribution is 7.84. The van der Waals surface area contributed by atoms with E-state index in [9.17, 15) is 17.4 Å². The van der Waals surface area contributed by atoms with E-state index >= 15 is 0 Å². The molecule has 0 amide bonds. The molecule has 0 bridgehead atoms. The minimum atomic E-state index is -4.36. The fraction of sp³-hybridized carbons (Fsp3) is 0.615. The number of nitrogens with one attached hydrogen (secondary N) is 1. The topological polar surface area (TPSA) is 51.2 Å². The second-order valence-corrected chi connectivity index (χ2v) is 7.47. The monoisotopic (exact) mass is 324 g/mol. The summed E-state index contributed by atoms with van der Waals surface area (Å²) in [4.78, 5) is 4.01. The number of ether oxygens (including phenoxy) is 1. The summed E-state index contributed by atoms with van der Waals surface area (Å²) in [5, 5.41) is 0. The van der Waals surface area contributed by atoms with Gasteiger partial charge in [-0.2, -0.15) is 13.2 Å². The van der Waals surface area contributed by atoms with Crippen LogP contribution in [0.4, 0.5) is 13.2 Å². The fourth-order valence-electron chi connectivity index (χ4n) is 1.30. The lowest BCUT2D eigenvalue weighted by Gasteiger charge is -2.17. The molecule has 21 heavy (non-hydrogen) atoms. The van der Waals surface area contributed by atoms with Crippen LogP contribution in [-0.4, -0.2) is 33.3 Å². The molecule has 0 aromatic carbocycles. The lowest BCUT2D eigenvalue weighted by Crippen LogP contribution is -2.34. The normalized spacial score (nSPS) is 14.0. The van der Waals surface area contributed by atoms with Crippen LogP contribution in [0.15, 0.2) is 18.3 Å². The smallest absolute Gasteiger partial charge is 0.422 e. The number of nitrogens with zero attached hydrogens (tertiary/aromatic N) is 1. The summed E-state index contributed by atoms with van der Waals surface area (Å²) in [5.41, 5.74) is 0.688. The first-order valence-corrected chi connectivity index (χ1v) is 7.53. The predicted molar refractivity (Wildman–Crippen MR) is 75.4 cm³/mol. The van der Waals surface area contributed by atoms with E-state index in [1.54, 1.807) is 6.07 Å². The summed E-state index contributed by atoms with van der Waals surface area (Å²) < 4.78 is 54.8. The van der Waals surface area contributed by atoms with Gasteiger partial charge in [0.2, 0.25) is 0 Å². The molecule has 0 fully saturated rings. The number of hydrogen-bond acceptors (Lipinski definition) is 3. The number of aromatic nitrogens is 1. The van der Waals surface area contributed by atoms with Gasteiger partial charge in [0.1, 0.15) is 5.75 Å². The highest BCUT2D eigenvalue weighted by Gasteiger charge is 2.28. The number of alkyl halides is 3. The Morgan fingerprint density at radius 3 is 2.43 bits per heavy atom. The average molecular weight is 324 g/mol. The Balaban J connectivity index is 2.40. The van der Waals surface area contributed by atoms with Crippen molar-refractivity contribution in [3.05, 3.63) is 24.0 Å². The van der Waals surface area contributed by atoms with Gasteiger partial charge in [0.25, 0.3) is 0 Å². The summed E-state index contributed by atoms with van der Waals surface area (Å²) in [6.45, 7) is 4.73. The van der Waals surface area contributed by atoms with Gasteiger partial charge in [-0.3, -0.25) is 4.98 Å². The van der Waals surface area contributed by atoms with Crippen molar-refractivity contribution in [1.29, 1.82) is 0 Å². The Kier molecular flexibility index (Phi) is 6.15. The number of pyridine rings is 1. The quantitative estimate of drug-likeness (QED) is 0.875. The van der Waals surface area contributed by atoms with Gasteiger partial charge in [0.15, 0.2) is 6.61 Å². The maximum atomic E-state index is 12.0. The molecule has 0 aliphatic heterocycles. The van der Waals surface area contributed by atoms with Crippen molar-refractivity contribution in [2.24, 2.45) is 0 Å². The van der Waals surface area contributed by atoms with Crippen molar-refractivity contribution >= 4 is 11.0 Å². The molecule has 1 N–H and O–H groups in total. The summed E-state index contributed by atoms with van der Waals surface area (Å²) >= 11 is 0. The van der Waals surface area contributed by atoms with Crippen molar-refractivity contribution in [3.8, 4) is 5.75 Å². The van der Waals surface area contributed by atoms with Gasteiger partial charge in [-0.05, 0) is 32.9 Å². The summed E-state index contributed by atoms with van der Waals surface area (Å²) in [6.07, 6.45) is -2.58. The van der Waals surface area contributed by atoms with Crippen LogP contribution in [0.5, 0.6) is 5.75 Å². The van der Waals surface area contributed by atoms with E-state index in [1.165, 1.54) is 12.3 Å². The van der Waals surface area contributed by atoms with Crippen molar-refractivity contribution < 1.29 is 22.1 Å². The summed E-state index contributed by atoms with van der Waals surface area (Å²) in [6, 6.07) is 3.03. The molecule has 1 unspecified atom stereocenters. The molecule has 1 aromatic heterocycles. The highest BCUT2D eigenvalue weighted by Crippen LogP contribution is 2.17. The van der Waals surface area contributed by atoms with Crippen molar-refractivity contribution in [2.75, 3.05) is 13.2 Å². The van der Waals surface area contributed by atoms with Gasteiger partial charge < -0.3 is 4.74 Å². The molecule has 120 valence electrons. The SMILES string of the molecule is CC(C)(C)S(=O)NCCc1ccc(OCC(F)(F)F)cn1.